The van der Waals surface area contributed by atoms with Crippen LogP contribution in [0.2, 0.25) is 5.02 Å². The molecule has 0 spiro atoms. The molecule has 1 heterocycles. The number of amides is 1. The van der Waals surface area contributed by atoms with Crippen LogP contribution in [-0.4, -0.2) is 33.8 Å². The SMILES string of the molecule is Cc1noc([C@H]2C[C@H](CNC(=O)c3ccc(Cl)c(C)c3)[C@H](O)C2)n1. The van der Waals surface area contributed by atoms with E-state index in [4.69, 9.17) is 16.1 Å². The predicted octanol–water partition coefficient (Wildman–Crippen LogP) is 2.62. The van der Waals surface area contributed by atoms with Crippen LogP contribution < -0.4 is 5.32 Å². The van der Waals surface area contributed by atoms with Crippen molar-refractivity contribution in [1.29, 1.82) is 0 Å². The van der Waals surface area contributed by atoms with Crippen LogP contribution in [-0.2, 0) is 0 Å². The second-order valence-corrected chi connectivity index (χ2v) is 6.76. The Morgan fingerprint density at radius 2 is 2.21 bits per heavy atom. The maximum Gasteiger partial charge on any atom is 0.251 e. The zero-order chi connectivity index (χ0) is 17.3. The van der Waals surface area contributed by atoms with Crippen molar-refractivity contribution in [3.05, 3.63) is 46.1 Å². The molecule has 0 bridgehead atoms. The van der Waals surface area contributed by atoms with Gasteiger partial charge in [0, 0.05) is 29.0 Å². The molecule has 7 heteroatoms. The monoisotopic (exact) mass is 349 g/mol. The Morgan fingerprint density at radius 1 is 1.42 bits per heavy atom. The highest BCUT2D eigenvalue weighted by atomic mass is 35.5. The minimum absolute atomic E-state index is 0.0282. The van der Waals surface area contributed by atoms with Gasteiger partial charge in [-0.25, -0.2) is 0 Å². The highest BCUT2D eigenvalue weighted by Crippen LogP contribution is 2.37. The number of nitrogens with one attached hydrogen (secondary N) is 1. The molecule has 3 atom stereocenters. The Morgan fingerprint density at radius 3 is 2.88 bits per heavy atom. The lowest BCUT2D eigenvalue weighted by atomic mass is 10.0. The van der Waals surface area contributed by atoms with E-state index in [2.05, 4.69) is 15.5 Å². The molecule has 2 aromatic rings. The minimum atomic E-state index is -0.491. The molecule has 24 heavy (non-hydrogen) atoms. The van der Waals surface area contributed by atoms with E-state index in [0.717, 1.165) is 5.56 Å². The van der Waals surface area contributed by atoms with Gasteiger partial charge in [0.15, 0.2) is 5.82 Å². The van der Waals surface area contributed by atoms with Crippen LogP contribution in [0.25, 0.3) is 0 Å². The molecule has 1 aromatic carbocycles. The van der Waals surface area contributed by atoms with Gasteiger partial charge in [0.1, 0.15) is 0 Å². The molecule has 2 N–H and O–H groups in total. The molecule has 1 saturated carbocycles. The Bertz CT molecular complexity index is 746. The lowest BCUT2D eigenvalue weighted by Gasteiger charge is -2.15. The van der Waals surface area contributed by atoms with Crippen molar-refractivity contribution in [2.45, 2.75) is 38.7 Å². The molecule has 0 radical (unpaired) electrons. The van der Waals surface area contributed by atoms with Crippen LogP contribution in [0, 0.1) is 19.8 Å². The van der Waals surface area contributed by atoms with Gasteiger partial charge in [-0.05, 0) is 50.5 Å². The molecule has 128 valence electrons. The molecule has 6 nitrogen and oxygen atoms in total. The number of rotatable bonds is 4. The van der Waals surface area contributed by atoms with Gasteiger partial charge in [0.25, 0.3) is 5.91 Å². The Labute approximate surface area is 145 Å². The fraction of sp³-hybridized carbons (Fsp3) is 0.471. The molecule has 1 fully saturated rings. The van der Waals surface area contributed by atoms with Crippen molar-refractivity contribution in [2.24, 2.45) is 5.92 Å². The van der Waals surface area contributed by atoms with Crippen LogP contribution >= 0.6 is 11.6 Å². The first-order valence-corrected chi connectivity index (χ1v) is 8.34. The van der Waals surface area contributed by atoms with Gasteiger partial charge >= 0.3 is 0 Å². The van der Waals surface area contributed by atoms with E-state index in [9.17, 15) is 9.90 Å². The van der Waals surface area contributed by atoms with E-state index in [1.807, 2.05) is 6.92 Å². The van der Waals surface area contributed by atoms with E-state index in [1.54, 1.807) is 25.1 Å². The average Bonchev–Trinajstić information content (AvgIpc) is 3.13. The largest absolute Gasteiger partial charge is 0.393 e. The van der Waals surface area contributed by atoms with Gasteiger partial charge in [0.2, 0.25) is 5.89 Å². The van der Waals surface area contributed by atoms with Crippen LogP contribution in [0.15, 0.2) is 22.7 Å². The number of aliphatic hydroxyl groups excluding tert-OH is 1. The second kappa shape index (κ2) is 6.91. The topological polar surface area (TPSA) is 88.2 Å². The molecule has 1 amide bonds. The van der Waals surface area contributed by atoms with Crippen molar-refractivity contribution >= 4 is 17.5 Å². The van der Waals surface area contributed by atoms with Gasteiger partial charge in [-0.1, -0.05) is 16.8 Å². The third-order valence-corrected chi connectivity index (χ3v) is 4.92. The van der Waals surface area contributed by atoms with Crippen molar-refractivity contribution in [2.75, 3.05) is 6.54 Å². The van der Waals surface area contributed by atoms with E-state index < -0.39 is 6.10 Å². The summed E-state index contributed by atoms with van der Waals surface area (Å²) in [4.78, 5) is 16.5. The predicted molar refractivity (Wildman–Crippen MR) is 89.0 cm³/mol. The molecule has 0 aliphatic heterocycles. The summed E-state index contributed by atoms with van der Waals surface area (Å²) in [6.45, 7) is 4.03. The Hall–Kier alpha value is -1.92. The van der Waals surface area contributed by atoms with E-state index >= 15 is 0 Å². The van der Waals surface area contributed by atoms with E-state index in [0.29, 0.717) is 41.7 Å². The summed E-state index contributed by atoms with van der Waals surface area (Å²) in [6, 6.07) is 5.16. The fourth-order valence-electron chi connectivity index (χ4n) is 3.11. The van der Waals surface area contributed by atoms with Crippen LogP contribution in [0.4, 0.5) is 0 Å². The highest BCUT2D eigenvalue weighted by Gasteiger charge is 2.36. The number of carbonyl (C=O) groups is 1. The number of hydrogen-bond acceptors (Lipinski definition) is 5. The number of halogens is 1. The smallest absolute Gasteiger partial charge is 0.251 e. The molecule has 0 saturated heterocycles. The quantitative estimate of drug-likeness (QED) is 0.885. The second-order valence-electron chi connectivity index (χ2n) is 6.35. The first-order chi connectivity index (χ1) is 11.4. The molecule has 0 unspecified atom stereocenters. The Balaban J connectivity index is 1.58. The summed E-state index contributed by atoms with van der Waals surface area (Å²) in [5.41, 5.74) is 1.42. The van der Waals surface area contributed by atoms with Crippen LogP contribution in [0.5, 0.6) is 0 Å². The van der Waals surface area contributed by atoms with E-state index in [1.165, 1.54) is 0 Å². The third kappa shape index (κ3) is 3.60. The average molecular weight is 350 g/mol. The van der Waals surface area contributed by atoms with Crippen molar-refractivity contribution < 1.29 is 14.4 Å². The summed E-state index contributed by atoms with van der Waals surface area (Å²) >= 11 is 5.98. The summed E-state index contributed by atoms with van der Waals surface area (Å²) in [5, 5.41) is 17.5. The van der Waals surface area contributed by atoms with Gasteiger partial charge in [-0.2, -0.15) is 4.98 Å². The number of carbonyl (C=O) groups excluding carboxylic acids is 1. The first-order valence-electron chi connectivity index (χ1n) is 7.96. The number of benzene rings is 1. The zero-order valence-corrected chi connectivity index (χ0v) is 14.4. The van der Waals surface area contributed by atoms with Crippen molar-refractivity contribution in [3.63, 3.8) is 0 Å². The summed E-state index contributed by atoms with van der Waals surface area (Å²) in [5.74, 6) is 1.00. The van der Waals surface area contributed by atoms with Gasteiger partial charge in [0.05, 0.1) is 6.10 Å². The number of nitrogens with zero attached hydrogens (tertiary/aromatic N) is 2. The molecular formula is C17H20ClN3O3. The normalized spacial score (nSPS) is 23.4. The zero-order valence-electron chi connectivity index (χ0n) is 13.6. The number of aryl methyl sites for hydroxylation is 2. The Kier molecular flexibility index (Phi) is 4.87. The van der Waals surface area contributed by atoms with Gasteiger partial charge < -0.3 is 14.9 Å². The maximum absolute atomic E-state index is 12.2. The standard InChI is InChI=1S/C17H20ClN3O3/c1-9-5-11(3-4-14(9)18)16(23)19-8-13-6-12(7-15(13)22)17-20-10(2)21-24-17/h3-5,12-13,15,22H,6-8H2,1-2H3,(H,19,23)/t12-,13+,15+/m0/s1. The number of aromatic nitrogens is 2. The first kappa shape index (κ1) is 16.9. The third-order valence-electron chi connectivity index (χ3n) is 4.49. The number of aliphatic hydroxyl groups is 1. The minimum Gasteiger partial charge on any atom is -0.393 e. The van der Waals surface area contributed by atoms with Crippen molar-refractivity contribution in [1.82, 2.24) is 15.5 Å². The molecule has 3 rings (SSSR count). The molecule has 1 aromatic heterocycles. The van der Waals surface area contributed by atoms with Crippen LogP contribution in [0.3, 0.4) is 0 Å². The lowest BCUT2D eigenvalue weighted by Crippen LogP contribution is -2.32. The van der Waals surface area contributed by atoms with Gasteiger partial charge in [-0.15, -0.1) is 0 Å². The summed E-state index contributed by atoms with van der Waals surface area (Å²) < 4.78 is 5.19. The molecule has 1 aliphatic carbocycles. The van der Waals surface area contributed by atoms with Gasteiger partial charge in [-0.3, -0.25) is 4.79 Å². The summed E-state index contributed by atoms with van der Waals surface area (Å²) in [6.07, 6.45) is 0.791. The highest BCUT2D eigenvalue weighted by molar-refractivity contribution is 6.31. The molecule has 1 aliphatic rings. The van der Waals surface area contributed by atoms with Crippen molar-refractivity contribution in [3.8, 4) is 0 Å². The maximum atomic E-state index is 12.2. The number of hydrogen-bond donors (Lipinski definition) is 2. The fourth-order valence-corrected chi connectivity index (χ4v) is 3.23. The lowest BCUT2D eigenvalue weighted by molar-refractivity contribution is 0.0916. The van der Waals surface area contributed by atoms with E-state index in [-0.39, 0.29) is 17.7 Å². The summed E-state index contributed by atoms with van der Waals surface area (Å²) in [7, 11) is 0. The van der Waals surface area contributed by atoms with Crippen LogP contribution in [0.1, 0.15) is 46.4 Å². The molecular weight excluding hydrogens is 330 g/mol.